The maximum absolute atomic E-state index is 13.3. The molecule has 0 radical (unpaired) electrons. The lowest BCUT2D eigenvalue weighted by Crippen LogP contribution is -2.52. The largest absolute Gasteiger partial charge is 0.425 e. The van der Waals surface area contributed by atoms with Crippen LogP contribution in [0.25, 0.3) is 0 Å². The smallest absolute Gasteiger partial charge is 0.421 e. The lowest BCUT2D eigenvalue weighted by molar-refractivity contribution is -0.263. The lowest BCUT2D eigenvalue weighted by atomic mass is 9.99. The third-order valence-electron chi connectivity index (χ3n) is 3.61. The number of benzene rings is 1. The Hall–Kier alpha value is -1.79. The van der Waals surface area contributed by atoms with Gasteiger partial charge in [0.1, 0.15) is 12.4 Å². The summed E-state index contributed by atoms with van der Waals surface area (Å²) >= 11 is 0. The van der Waals surface area contributed by atoms with Crippen LogP contribution < -0.4 is 4.74 Å². The number of hydrogen-bond acceptors (Lipinski definition) is 5. The molecule has 0 aromatic heterocycles. The van der Waals surface area contributed by atoms with Crippen molar-refractivity contribution in [3.8, 4) is 5.75 Å². The summed E-state index contributed by atoms with van der Waals surface area (Å²) in [6.07, 6.45) is -9.29. The highest BCUT2D eigenvalue weighted by atomic mass is 32.2. The van der Waals surface area contributed by atoms with Gasteiger partial charge in [0.2, 0.25) is 6.10 Å². The molecule has 0 saturated carbocycles. The fraction of sp³-hybridized carbons (Fsp3) is 0.533. The van der Waals surface area contributed by atoms with Gasteiger partial charge in [-0.25, -0.2) is 4.79 Å². The molecule has 0 amide bonds. The van der Waals surface area contributed by atoms with Crippen molar-refractivity contribution in [3.05, 3.63) is 29.8 Å². The molecule has 0 saturated heterocycles. The van der Waals surface area contributed by atoms with E-state index in [4.69, 9.17) is 4.55 Å². The molecule has 0 bridgehead atoms. The van der Waals surface area contributed by atoms with E-state index in [0.717, 1.165) is 12.0 Å². The second-order valence-corrected chi connectivity index (χ2v) is 7.12. The molecule has 0 fully saturated rings. The molecule has 12 heteroatoms. The summed E-state index contributed by atoms with van der Waals surface area (Å²) in [5, 5.41) is -5.70. The summed E-state index contributed by atoms with van der Waals surface area (Å²) in [6, 6.07) is 5.94. The van der Waals surface area contributed by atoms with E-state index in [0.29, 0.717) is 0 Å². The predicted octanol–water partition coefficient (Wildman–Crippen LogP) is 3.53. The Kier molecular flexibility index (Phi) is 7.30. The molecule has 1 N–H and O–H groups in total. The van der Waals surface area contributed by atoms with Crippen molar-refractivity contribution >= 4 is 16.1 Å². The number of esters is 1. The minimum atomic E-state index is -6.44. The Morgan fingerprint density at radius 1 is 1.15 bits per heavy atom. The van der Waals surface area contributed by atoms with Gasteiger partial charge < -0.3 is 9.47 Å². The molecule has 0 aliphatic rings. The van der Waals surface area contributed by atoms with Crippen LogP contribution in [0, 0.1) is 0 Å². The van der Waals surface area contributed by atoms with Crippen LogP contribution in [0.3, 0.4) is 0 Å². The zero-order valence-electron chi connectivity index (χ0n) is 14.2. The van der Waals surface area contributed by atoms with Crippen molar-refractivity contribution in [2.24, 2.45) is 0 Å². The van der Waals surface area contributed by atoms with E-state index in [1.807, 2.05) is 13.8 Å². The average Bonchev–Trinajstić information content (AvgIpc) is 2.52. The molecule has 1 aromatic rings. The van der Waals surface area contributed by atoms with E-state index in [9.17, 15) is 35.2 Å². The first kappa shape index (κ1) is 23.2. The van der Waals surface area contributed by atoms with Crippen LogP contribution in [0.1, 0.15) is 31.7 Å². The molecule has 27 heavy (non-hydrogen) atoms. The van der Waals surface area contributed by atoms with Gasteiger partial charge in [-0.2, -0.15) is 30.4 Å². The molecule has 0 aliphatic heterocycles. The van der Waals surface area contributed by atoms with Crippen LogP contribution in [0.4, 0.5) is 22.0 Å². The highest BCUT2D eigenvalue weighted by Crippen LogP contribution is 2.37. The minimum Gasteiger partial charge on any atom is -0.425 e. The van der Waals surface area contributed by atoms with E-state index in [1.165, 1.54) is 12.1 Å². The number of hydrogen-bond donors (Lipinski definition) is 1. The quantitative estimate of drug-likeness (QED) is 0.300. The number of alkyl halides is 5. The number of carbonyl (C=O) groups excluding carboxylic acids is 1. The SMILES string of the molecule is CCC(C)c1ccc(OC(=O)COC(C(F)(F)F)C(F)(F)S(=O)(=O)O)cc1. The average molecular weight is 420 g/mol. The normalized spacial score (nSPS) is 15.3. The number of ether oxygens (including phenoxy) is 2. The molecule has 2 unspecified atom stereocenters. The number of carbonyl (C=O) groups is 1. The van der Waals surface area contributed by atoms with E-state index < -0.39 is 40.2 Å². The highest BCUT2D eigenvalue weighted by molar-refractivity contribution is 7.86. The van der Waals surface area contributed by atoms with Crippen molar-refractivity contribution in [2.45, 2.75) is 43.7 Å². The van der Waals surface area contributed by atoms with Crippen molar-refractivity contribution < 1.29 is 49.2 Å². The van der Waals surface area contributed by atoms with Gasteiger partial charge in [0.15, 0.2) is 0 Å². The van der Waals surface area contributed by atoms with Crippen molar-refractivity contribution in [2.75, 3.05) is 6.61 Å². The zero-order valence-corrected chi connectivity index (χ0v) is 15.0. The Bertz CT molecular complexity index is 745. The van der Waals surface area contributed by atoms with E-state index in [2.05, 4.69) is 9.47 Å². The summed E-state index contributed by atoms with van der Waals surface area (Å²) in [4.78, 5) is 11.5. The highest BCUT2D eigenvalue weighted by Gasteiger charge is 2.64. The monoisotopic (exact) mass is 420 g/mol. The van der Waals surface area contributed by atoms with Gasteiger partial charge in [0.25, 0.3) is 0 Å². The minimum absolute atomic E-state index is 0.0687. The molecule has 154 valence electrons. The topological polar surface area (TPSA) is 89.9 Å². The van der Waals surface area contributed by atoms with Crippen LogP contribution in [-0.2, 0) is 19.6 Å². The van der Waals surface area contributed by atoms with E-state index >= 15 is 0 Å². The Morgan fingerprint density at radius 2 is 1.67 bits per heavy atom. The number of rotatable bonds is 8. The molecule has 1 aromatic carbocycles. The Morgan fingerprint density at radius 3 is 2.07 bits per heavy atom. The Balaban J connectivity index is 2.81. The first-order valence-electron chi connectivity index (χ1n) is 7.54. The molecule has 6 nitrogen and oxygen atoms in total. The molecule has 0 spiro atoms. The predicted molar refractivity (Wildman–Crippen MR) is 83.1 cm³/mol. The van der Waals surface area contributed by atoms with Gasteiger partial charge in [-0.3, -0.25) is 4.55 Å². The first-order valence-corrected chi connectivity index (χ1v) is 8.98. The summed E-state index contributed by atoms with van der Waals surface area (Å²) in [7, 11) is -6.44. The van der Waals surface area contributed by atoms with Crippen LogP contribution in [0.5, 0.6) is 5.75 Å². The second-order valence-electron chi connectivity index (χ2n) is 5.62. The fourth-order valence-electron chi connectivity index (χ4n) is 1.93. The van der Waals surface area contributed by atoms with Crippen molar-refractivity contribution in [1.29, 1.82) is 0 Å². The molecular weight excluding hydrogens is 403 g/mol. The third-order valence-corrected chi connectivity index (χ3v) is 4.51. The second kappa shape index (κ2) is 8.48. The van der Waals surface area contributed by atoms with Gasteiger partial charge in [-0.1, -0.05) is 26.0 Å². The molecular formula is C15H17F5O6S. The van der Waals surface area contributed by atoms with Crippen LogP contribution in [-0.4, -0.2) is 43.1 Å². The molecule has 2 atom stereocenters. The summed E-state index contributed by atoms with van der Waals surface area (Å²) in [5.41, 5.74) is 0.915. The van der Waals surface area contributed by atoms with Crippen molar-refractivity contribution in [1.82, 2.24) is 0 Å². The zero-order chi connectivity index (χ0) is 21.0. The van der Waals surface area contributed by atoms with E-state index in [1.54, 1.807) is 12.1 Å². The van der Waals surface area contributed by atoms with Gasteiger partial charge in [-0.15, -0.1) is 0 Å². The Labute approximate surface area is 152 Å². The maximum atomic E-state index is 13.3. The number of halogens is 5. The van der Waals surface area contributed by atoms with Gasteiger partial charge in [-0.05, 0) is 30.0 Å². The molecule has 1 rings (SSSR count). The van der Waals surface area contributed by atoms with Crippen LogP contribution >= 0.6 is 0 Å². The molecule has 0 aliphatic carbocycles. The van der Waals surface area contributed by atoms with Crippen LogP contribution in [0.15, 0.2) is 24.3 Å². The van der Waals surface area contributed by atoms with Gasteiger partial charge in [0.05, 0.1) is 0 Å². The molecule has 0 heterocycles. The summed E-state index contributed by atoms with van der Waals surface area (Å²) in [6.45, 7) is 2.28. The standard InChI is InChI=1S/C15H17F5O6S/c1-3-9(2)10-4-6-11(7-5-10)26-12(21)8-25-13(14(16,17)18)15(19,20)27(22,23)24/h4-7,9,13H,3,8H2,1-2H3,(H,22,23,24). The summed E-state index contributed by atoms with van der Waals surface area (Å²) < 4.78 is 102. The van der Waals surface area contributed by atoms with E-state index in [-0.39, 0.29) is 11.7 Å². The third kappa shape index (κ3) is 6.11. The lowest BCUT2D eigenvalue weighted by Gasteiger charge is -2.25. The first-order chi connectivity index (χ1) is 12.2. The summed E-state index contributed by atoms with van der Waals surface area (Å²) in [5.74, 6) is -1.32. The van der Waals surface area contributed by atoms with Crippen LogP contribution in [0.2, 0.25) is 0 Å². The maximum Gasteiger partial charge on any atom is 0.421 e. The fourth-order valence-corrected chi connectivity index (χ4v) is 2.40. The van der Waals surface area contributed by atoms with Crippen molar-refractivity contribution in [3.63, 3.8) is 0 Å². The van der Waals surface area contributed by atoms with Gasteiger partial charge in [0, 0.05) is 0 Å². The van der Waals surface area contributed by atoms with Gasteiger partial charge >= 0.3 is 27.5 Å².